The van der Waals surface area contributed by atoms with E-state index in [9.17, 15) is 13.2 Å². The third kappa shape index (κ3) is 6.03. The summed E-state index contributed by atoms with van der Waals surface area (Å²) in [7, 11) is -2.36. The van der Waals surface area contributed by atoms with Crippen molar-refractivity contribution in [1.29, 1.82) is 5.41 Å². The second kappa shape index (κ2) is 10.7. The van der Waals surface area contributed by atoms with E-state index in [1.54, 1.807) is 84.9 Å². The molecule has 0 fully saturated rings. The first-order chi connectivity index (χ1) is 17.7. The number of rotatable bonds is 9. The van der Waals surface area contributed by atoms with Gasteiger partial charge in [-0.25, -0.2) is 13.6 Å². The zero-order valence-corrected chi connectivity index (χ0v) is 20.8. The monoisotopic (exact) mass is 515 g/mol. The Morgan fingerprint density at radius 1 is 0.865 bits per heavy atom. The topological polar surface area (TPSA) is 146 Å². The number of nitrogens with two attached hydrogens (primary N) is 2. The number of carbonyl (C=O) groups excluding carboxylic acids is 1. The Hall–Kier alpha value is -4.47. The molecule has 37 heavy (non-hydrogen) atoms. The molecule has 188 valence electrons. The van der Waals surface area contributed by atoms with E-state index in [1.165, 1.54) is 13.2 Å². The highest BCUT2D eigenvalue weighted by atomic mass is 32.2. The van der Waals surface area contributed by atoms with Gasteiger partial charge in [0.25, 0.3) is 0 Å². The standard InChI is InChI=1S/C28H25N3O5S/c1-35-22-14-13-20(26(17-22)36-23-6-4-5-21(15-23)28(29)30)16-25(32)19-11-9-18(10-12-19)24-7-2-3-8-27(24)37(31,33)34/h2-15,17H,16H2,1H3,(H3,29,30)(H2,31,33,34). The van der Waals surface area contributed by atoms with Crippen LogP contribution in [0.5, 0.6) is 17.2 Å². The van der Waals surface area contributed by atoms with Gasteiger partial charge in [-0.3, -0.25) is 10.2 Å². The minimum absolute atomic E-state index is 0.0166. The lowest BCUT2D eigenvalue weighted by atomic mass is 9.99. The average Bonchev–Trinajstić information content (AvgIpc) is 2.89. The molecular weight excluding hydrogens is 490 g/mol. The van der Waals surface area contributed by atoms with Gasteiger partial charge in [0.05, 0.1) is 12.0 Å². The van der Waals surface area contributed by atoms with Crippen LogP contribution in [0.1, 0.15) is 21.5 Å². The first kappa shape index (κ1) is 25.6. The summed E-state index contributed by atoms with van der Waals surface area (Å²) < 4.78 is 35.3. The second-order valence-electron chi connectivity index (χ2n) is 8.24. The first-order valence-corrected chi connectivity index (χ1v) is 12.7. The van der Waals surface area contributed by atoms with Crippen LogP contribution in [0, 0.1) is 5.41 Å². The zero-order chi connectivity index (χ0) is 26.6. The summed E-state index contributed by atoms with van der Waals surface area (Å²) in [5.41, 5.74) is 8.28. The number of nitrogen functional groups attached to an aromatic ring is 1. The molecule has 9 heteroatoms. The highest BCUT2D eigenvalue weighted by molar-refractivity contribution is 7.89. The van der Waals surface area contributed by atoms with Crippen molar-refractivity contribution in [3.63, 3.8) is 0 Å². The van der Waals surface area contributed by atoms with Gasteiger partial charge in [-0.2, -0.15) is 0 Å². The molecule has 4 aromatic carbocycles. The van der Waals surface area contributed by atoms with Crippen LogP contribution in [-0.4, -0.2) is 27.1 Å². The maximum absolute atomic E-state index is 13.1. The fourth-order valence-corrected chi connectivity index (χ4v) is 4.58. The van der Waals surface area contributed by atoms with Crippen LogP contribution < -0.4 is 20.3 Å². The highest BCUT2D eigenvalue weighted by Gasteiger charge is 2.17. The maximum Gasteiger partial charge on any atom is 0.238 e. The SMILES string of the molecule is COc1ccc(CC(=O)c2ccc(-c3ccccc3S(N)(=O)=O)cc2)c(Oc2cccc(C(=N)N)c2)c1. The van der Waals surface area contributed by atoms with Crippen LogP contribution in [-0.2, 0) is 16.4 Å². The highest BCUT2D eigenvalue weighted by Crippen LogP contribution is 2.31. The Labute approximate surface area is 215 Å². The molecule has 0 aliphatic heterocycles. The number of benzene rings is 4. The summed E-state index contributed by atoms with van der Waals surface area (Å²) in [4.78, 5) is 13.2. The summed E-state index contributed by atoms with van der Waals surface area (Å²) in [6.07, 6.45) is 0.0544. The lowest BCUT2D eigenvalue weighted by molar-refractivity contribution is 0.0992. The van der Waals surface area contributed by atoms with Crippen molar-refractivity contribution < 1.29 is 22.7 Å². The van der Waals surface area contributed by atoms with Crippen molar-refractivity contribution in [2.45, 2.75) is 11.3 Å². The van der Waals surface area contributed by atoms with Crippen LogP contribution in [0.15, 0.2) is 95.9 Å². The van der Waals surface area contributed by atoms with E-state index in [4.69, 9.17) is 25.8 Å². The number of sulfonamides is 1. The van der Waals surface area contributed by atoms with E-state index in [2.05, 4.69) is 0 Å². The Kier molecular flexibility index (Phi) is 7.37. The normalized spacial score (nSPS) is 11.1. The van der Waals surface area contributed by atoms with Gasteiger partial charge in [-0.1, -0.05) is 60.7 Å². The van der Waals surface area contributed by atoms with Gasteiger partial charge in [0, 0.05) is 34.7 Å². The molecule has 0 saturated heterocycles. The zero-order valence-electron chi connectivity index (χ0n) is 20.0. The van der Waals surface area contributed by atoms with E-state index in [0.717, 1.165) is 0 Å². The van der Waals surface area contributed by atoms with Crippen LogP contribution in [0.25, 0.3) is 11.1 Å². The smallest absolute Gasteiger partial charge is 0.238 e. The molecule has 4 rings (SSSR count). The molecule has 0 atom stereocenters. The van der Waals surface area contributed by atoms with Crippen molar-refractivity contribution in [1.82, 2.24) is 0 Å². The average molecular weight is 516 g/mol. The fourth-order valence-electron chi connectivity index (χ4n) is 3.82. The van der Waals surface area contributed by atoms with Crippen molar-refractivity contribution in [3.05, 3.63) is 108 Å². The number of carbonyl (C=O) groups is 1. The lowest BCUT2D eigenvalue weighted by Crippen LogP contribution is -2.13. The molecule has 4 aromatic rings. The summed E-state index contributed by atoms with van der Waals surface area (Å²) in [5, 5.41) is 13.0. The van der Waals surface area contributed by atoms with Crippen LogP contribution in [0.3, 0.4) is 0 Å². The number of amidine groups is 1. The number of methoxy groups -OCH3 is 1. The predicted octanol–water partition coefficient (Wildman–Crippen LogP) is 4.51. The third-order valence-electron chi connectivity index (χ3n) is 5.71. The van der Waals surface area contributed by atoms with Crippen LogP contribution >= 0.6 is 0 Å². The van der Waals surface area contributed by atoms with E-state index < -0.39 is 10.0 Å². The number of hydrogen-bond donors (Lipinski definition) is 3. The molecule has 0 heterocycles. The van der Waals surface area contributed by atoms with Crippen molar-refractivity contribution >= 4 is 21.6 Å². The molecule has 0 radical (unpaired) electrons. The molecule has 0 saturated carbocycles. The van der Waals surface area contributed by atoms with Gasteiger partial charge >= 0.3 is 0 Å². The minimum atomic E-state index is -3.90. The van der Waals surface area contributed by atoms with E-state index >= 15 is 0 Å². The number of primary sulfonamides is 1. The van der Waals surface area contributed by atoms with Crippen molar-refractivity contribution in [2.75, 3.05) is 7.11 Å². The van der Waals surface area contributed by atoms with Gasteiger partial charge in [-0.05, 0) is 29.8 Å². The summed E-state index contributed by atoms with van der Waals surface area (Å²) in [5.74, 6) is 1.23. The molecule has 0 amide bonds. The number of Topliss-reactive ketones (excluding diaryl/α,β-unsaturated/α-hetero) is 1. The number of nitrogens with one attached hydrogen (secondary N) is 1. The third-order valence-corrected chi connectivity index (χ3v) is 6.68. The number of ketones is 1. The Morgan fingerprint density at radius 3 is 2.27 bits per heavy atom. The molecule has 0 unspecified atom stereocenters. The minimum Gasteiger partial charge on any atom is -0.497 e. The van der Waals surface area contributed by atoms with Crippen LogP contribution in [0.4, 0.5) is 0 Å². The Balaban J connectivity index is 1.59. The van der Waals surface area contributed by atoms with Crippen molar-refractivity contribution in [3.8, 4) is 28.4 Å². The molecule has 0 aromatic heterocycles. The molecule has 0 bridgehead atoms. The summed E-state index contributed by atoms with van der Waals surface area (Å²) in [6.45, 7) is 0. The van der Waals surface area contributed by atoms with Gasteiger partial charge in [0.15, 0.2) is 5.78 Å². The van der Waals surface area contributed by atoms with Crippen LogP contribution in [0.2, 0.25) is 0 Å². The van der Waals surface area contributed by atoms with Gasteiger partial charge in [0.2, 0.25) is 10.0 Å². The quantitative estimate of drug-likeness (QED) is 0.170. The summed E-state index contributed by atoms with van der Waals surface area (Å²) in [6, 6.07) is 25.1. The van der Waals surface area contributed by atoms with Gasteiger partial charge < -0.3 is 15.2 Å². The first-order valence-electron chi connectivity index (χ1n) is 11.2. The van der Waals surface area contributed by atoms with E-state index in [0.29, 0.717) is 45.1 Å². The van der Waals surface area contributed by atoms with E-state index in [1.807, 2.05) is 0 Å². The fraction of sp³-hybridized carbons (Fsp3) is 0.0714. The number of hydrogen-bond acceptors (Lipinski definition) is 6. The van der Waals surface area contributed by atoms with E-state index in [-0.39, 0.29) is 22.9 Å². The van der Waals surface area contributed by atoms with Gasteiger partial charge in [0.1, 0.15) is 23.1 Å². The maximum atomic E-state index is 13.1. The van der Waals surface area contributed by atoms with Crippen molar-refractivity contribution in [2.24, 2.45) is 10.9 Å². The molecule has 8 nitrogen and oxygen atoms in total. The van der Waals surface area contributed by atoms with Gasteiger partial charge in [-0.15, -0.1) is 0 Å². The largest absolute Gasteiger partial charge is 0.497 e. The summed E-state index contributed by atoms with van der Waals surface area (Å²) >= 11 is 0. The molecule has 0 aliphatic rings. The molecule has 0 aliphatic carbocycles. The molecular formula is C28H25N3O5S. The second-order valence-corrected chi connectivity index (χ2v) is 9.77. The Bertz CT molecular complexity index is 1580. The lowest BCUT2D eigenvalue weighted by Gasteiger charge is -2.13. The number of ether oxygens (including phenoxy) is 2. The molecule has 0 spiro atoms. The predicted molar refractivity (Wildman–Crippen MR) is 142 cm³/mol. The Morgan fingerprint density at radius 2 is 1.59 bits per heavy atom. The molecule has 5 N–H and O–H groups in total.